The zero-order chi connectivity index (χ0) is 21.2. The number of nitrogens with one attached hydrogen (secondary N) is 1. The molecule has 1 saturated heterocycles. The lowest BCUT2D eigenvalue weighted by Crippen LogP contribution is -2.19. The molecule has 0 radical (unpaired) electrons. The summed E-state index contributed by atoms with van der Waals surface area (Å²) in [7, 11) is 1.80. The van der Waals surface area contributed by atoms with E-state index in [1.165, 1.54) is 0 Å². The Morgan fingerprint density at radius 2 is 1.97 bits per heavy atom. The van der Waals surface area contributed by atoms with Crippen LogP contribution in [0.4, 0.5) is 11.8 Å². The fourth-order valence-electron chi connectivity index (χ4n) is 3.74. The van der Waals surface area contributed by atoms with E-state index in [4.69, 9.17) is 20.2 Å². The van der Waals surface area contributed by atoms with Crippen LogP contribution in [0, 0.1) is 0 Å². The van der Waals surface area contributed by atoms with Crippen LogP contribution < -0.4 is 15.8 Å². The van der Waals surface area contributed by atoms with Crippen molar-refractivity contribution in [3.05, 3.63) is 54.6 Å². The van der Waals surface area contributed by atoms with Gasteiger partial charge in [0.25, 0.3) is 0 Å². The second kappa shape index (κ2) is 8.23. The van der Waals surface area contributed by atoms with Crippen LogP contribution in [0.2, 0.25) is 0 Å². The number of hydrogen-bond acceptors (Lipinski definition) is 7. The molecular formula is C23H24N6O2. The summed E-state index contributed by atoms with van der Waals surface area (Å²) < 4.78 is 13.3. The van der Waals surface area contributed by atoms with E-state index in [2.05, 4.69) is 15.4 Å². The number of aryl methyl sites for hydroxylation is 1. The molecule has 0 saturated carbocycles. The van der Waals surface area contributed by atoms with E-state index in [0.29, 0.717) is 35.4 Å². The summed E-state index contributed by atoms with van der Waals surface area (Å²) in [4.78, 5) is 9.36. The highest BCUT2D eigenvalue weighted by atomic mass is 16.5. The third-order valence-corrected chi connectivity index (χ3v) is 5.34. The minimum absolute atomic E-state index is 0.180. The molecule has 0 bridgehead atoms. The second-order valence-corrected chi connectivity index (χ2v) is 7.56. The number of para-hydroxylation sites is 1. The molecule has 2 aromatic heterocycles. The summed E-state index contributed by atoms with van der Waals surface area (Å²) in [5, 5.41) is 8.50. The fourth-order valence-corrected chi connectivity index (χ4v) is 3.74. The number of aromatic nitrogens is 4. The van der Waals surface area contributed by atoms with E-state index in [1.54, 1.807) is 11.7 Å². The van der Waals surface area contributed by atoms with Gasteiger partial charge in [-0.2, -0.15) is 10.1 Å². The lowest BCUT2D eigenvalue weighted by atomic mass is 10.1. The van der Waals surface area contributed by atoms with Gasteiger partial charge in [0.1, 0.15) is 17.3 Å². The number of benzene rings is 2. The molecule has 1 aliphatic rings. The first-order valence-electron chi connectivity index (χ1n) is 10.4. The molecule has 1 aliphatic heterocycles. The molecule has 0 aliphatic carbocycles. The van der Waals surface area contributed by atoms with Crippen LogP contribution >= 0.6 is 0 Å². The molecule has 2 aromatic carbocycles. The van der Waals surface area contributed by atoms with E-state index < -0.39 is 0 Å². The first-order valence-corrected chi connectivity index (χ1v) is 10.4. The van der Waals surface area contributed by atoms with Crippen LogP contribution in [0.5, 0.6) is 11.5 Å². The Balaban J connectivity index is 1.52. The van der Waals surface area contributed by atoms with Gasteiger partial charge in [-0.1, -0.05) is 30.3 Å². The average molecular weight is 416 g/mol. The third-order valence-electron chi connectivity index (χ3n) is 5.34. The zero-order valence-electron chi connectivity index (χ0n) is 17.3. The Morgan fingerprint density at radius 3 is 2.77 bits per heavy atom. The maximum absolute atomic E-state index is 6.31. The summed E-state index contributed by atoms with van der Waals surface area (Å²) in [5.41, 5.74) is 8.45. The van der Waals surface area contributed by atoms with E-state index in [1.807, 2.05) is 54.6 Å². The molecule has 31 heavy (non-hydrogen) atoms. The van der Waals surface area contributed by atoms with Crippen LogP contribution in [-0.4, -0.2) is 39.0 Å². The first-order chi connectivity index (χ1) is 15.2. The smallest absolute Gasteiger partial charge is 0.225 e. The molecule has 8 nitrogen and oxygen atoms in total. The number of anilines is 2. The average Bonchev–Trinajstić information content (AvgIpc) is 3.41. The quantitative estimate of drug-likeness (QED) is 0.490. The molecule has 1 atom stereocenters. The predicted octanol–water partition coefficient (Wildman–Crippen LogP) is 4.00. The Kier molecular flexibility index (Phi) is 5.13. The highest BCUT2D eigenvalue weighted by Gasteiger charge is 2.19. The number of nitrogens with two attached hydrogens (primary N) is 1. The summed E-state index contributed by atoms with van der Waals surface area (Å²) >= 11 is 0. The number of rotatable bonds is 6. The highest BCUT2D eigenvalue weighted by molar-refractivity contribution is 5.99. The minimum atomic E-state index is 0.180. The number of hydrogen-bond donors (Lipinski definition) is 2. The van der Waals surface area contributed by atoms with Crippen molar-refractivity contribution in [3.8, 4) is 22.8 Å². The summed E-state index contributed by atoms with van der Waals surface area (Å²) in [6.07, 6.45) is 2.30. The van der Waals surface area contributed by atoms with Crippen molar-refractivity contribution in [1.82, 2.24) is 19.7 Å². The number of nitrogens with zero attached hydrogens (tertiary/aromatic N) is 4. The molecule has 3 heterocycles. The third kappa shape index (κ3) is 4.02. The Labute approximate surface area is 180 Å². The van der Waals surface area contributed by atoms with E-state index >= 15 is 0 Å². The standard InChI is InChI=1S/C23H24N6O2/c1-29-21(24)19-20(15-7-5-10-17(13-15)31-16-8-3-2-4-9-16)26-23(27-22(19)28-29)25-14-18-11-6-12-30-18/h2-5,7-10,13,18H,6,11-12,14,24H2,1H3,(H,25,27,28)/t18-/m0/s1. The molecule has 5 rings (SSSR count). The molecule has 0 spiro atoms. The number of nitrogen functional groups attached to an aromatic ring is 1. The van der Waals surface area contributed by atoms with E-state index in [-0.39, 0.29) is 6.10 Å². The Morgan fingerprint density at radius 1 is 1.13 bits per heavy atom. The van der Waals surface area contributed by atoms with Crippen molar-refractivity contribution >= 4 is 22.8 Å². The van der Waals surface area contributed by atoms with Gasteiger partial charge in [0.05, 0.1) is 17.2 Å². The number of fused-ring (bicyclic) bond motifs is 1. The van der Waals surface area contributed by atoms with E-state index in [9.17, 15) is 0 Å². The zero-order valence-corrected chi connectivity index (χ0v) is 17.3. The van der Waals surface area contributed by atoms with Gasteiger partial charge < -0.3 is 20.5 Å². The van der Waals surface area contributed by atoms with Crippen LogP contribution in [0.1, 0.15) is 12.8 Å². The van der Waals surface area contributed by atoms with Crippen molar-refractivity contribution in [3.63, 3.8) is 0 Å². The van der Waals surface area contributed by atoms with Gasteiger partial charge in [0.2, 0.25) is 5.95 Å². The van der Waals surface area contributed by atoms with Crippen LogP contribution in [0.3, 0.4) is 0 Å². The van der Waals surface area contributed by atoms with Gasteiger partial charge in [0, 0.05) is 25.8 Å². The van der Waals surface area contributed by atoms with Crippen molar-refractivity contribution in [1.29, 1.82) is 0 Å². The summed E-state index contributed by atoms with van der Waals surface area (Å²) in [5.74, 6) is 2.51. The normalized spacial score (nSPS) is 16.0. The maximum Gasteiger partial charge on any atom is 0.225 e. The largest absolute Gasteiger partial charge is 0.457 e. The van der Waals surface area contributed by atoms with Crippen molar-refractivity contribution in [2.24, 2.45) is 7.05 Å². The molecule has 0 unspecified atom stereocenters. The summed E-state index contributed by atoms with van der Waals surface area (Å²) in [6, 6.07) is 17.5. The molecule has 1 fully saturated rings. The lowest BCUT2D eigenvalue weighted by Gasteiger charge is -2.12. The van der Waals surface area contributed by atoms with E-state index in [0.717, 1.165) is 36.1 Å². The monoisotopic (exact) mass is 416 g/mol. The van der Waals surface area contributed by atoms with Crippen molar-refractivity contribution in [2.75, 3.05) is 24.2 Å². The van der Waals surface area contributed by atoms with Gasteiger partial charge in [0.15, 0.2) is 5.65 Å². The van der Waals surface area contributed by atoms with Gasteiger partial charge in [-0.05, 0) is 37.1 Å². The minimum Gasteiger partial charge on any atom is -0.457 e. The van der Waals surface area contributed by atoms with Crippen LogP contribution in [-0.2, 0) is 11.8 Å². The number of ether oxygens (including phenoxy) is 2. The Bertz CT molecular complexity index is 1200. The molecule has 4 aromatic rings. The lowest BCUT2D eigenvalue weighted by molar-refractivity contribution is 0.120. The predicted molar refractivity (Wildman–Crippen MR) is 120 cm³/mol. The first kappa shape index (κ1) is 19.3. The van der Waals surface area contributed by atoms with Crippen LogP contribution in [0.15, 0.2) is 54.6 Å². The van der Waals surface area contributed by atoms with Gasteiger partial charge in [-0.15, -0.1) is 0 Å². The highest BCUT2D eigenvalue weighted by Crippen LogP contribution is 2.33. The Hall–Kier alpha value is -3.65. The van der Waals surface area contributed by atoms with Crippen LogP contribution in [0.25, 0.3) is 22.3 Å². The van der Waals surface area contributed by atoms with Crippen molar-refractivity contribution < 1.29 is 9.47 Å². The van der Waals surface area contributed by atoms with Gasteiger partial charge >= 0.3 is 0 Å². The summed E-state index contributed by atoms with van der Waals surface area (Å²) in [6.45, 7) is 1.47. The molecule has 3 N–H and O–H groups in total. The topological polar surface area (TPSA) is 100 Å². The van der Waals surface area contributed by atoms with Crippen molar-refractivity contribution in [2.45, 2.75) is 18.9 Å². The molecule has 8 heteroatoms. The fraction of sp³-hybridized carbons (Fsp3) is 0.261. The molecular weight excluding hydrogens is 392 g/mol. The molecule has 158 valence electrons. The SMILES string of the molecule is Cn1nc2nc(NC[C@@H]3CCCO3)nc(-c3cccc(Oc4ccccc4)c3)c2c1N. The maximum atomic E-state index is 6.31. The van der Waals surface area contributed by atoms with Gasteiger partial charge in [-0.25, -0.2) is 4.98 Å². The molecule has 0 amide bonds. The second-order valence-electron chi connectivity index (χ2n) is 7.56. The van der Waals surface area contributed by atoms with Gasteiger partial charge in [-0.3, -0.25) is 4.68 Å².